The molecule has 0 saturated carbocycles. The SMILES string of the molecule is CCCc1ccc(OC(=O)COc2ccc(Br)cc2)cc1. The summed E-state index contributed by atoms with van der Waals surface area (Å²) in [6.45, 7) is 2.02. The highest BCUT2D eigenvalue weighted by Gasteiger charge is 2.06. The molecule has 0 aliphatic heterocycles. The van der Waals surface area contributed by atoms with E-state index in [-0.39, 0.29) is 6.61 Å². The van der Waals surface area contributed by atoms with E-state index in [2.05, 4.69) is 22.9 Å². The Morgan fingerprint density at radius 3 is 2.24 bits per heavy atom. The summed E-state index contributed by atoms with van der Waals surface area (Å²) in [7, 11) is 0. The lowest BCUT2D eigenvalue weighted by molar-refractivity contribution is -0.136. The molecular weight excluding hydrogens is 332 g/mol. The Morgan fingerprint density at radius 1 is 1.00 bits per heavy atom. The number of hydrogen-bond acceptors (Lipinski definition) is 3. The highest BCUT2D eigenvalue weighted by Crippen LogP contribution is 2.17. The maximum atomic E-state index is 11.7. The molecule has 0 unspecified atom stereocenters. The summed E-state index contributed by atoms with van der Waals surface area (Å²) in [6.07, 6.45) is 2.13. The molecule has 0 fully saturated rings. The fourth-order valence-electron chi connectivity index (χ4n) is 1.85. The predicted octanol–water partition coefficient (Wildman–Crippen LogP) is 4.39. The first-order valence-corrected chi connectivity index (χ1v) is 7.64. The molecule has 4 heteroatoms. The zero-order chi connectivity index (χ0) is 15.1. The zero-order valence-electron chi connectivity index (χ0n) is 11.8. The molecule has 0 spiro atoms. The Morgan fingerprint density at radius 2 is 1.62 bits per heavy atom. The summed E-state index contributed by atoms with van der Waals surface area (Å²) < 4.78 is 11.5. The van der Waals surface area contributed by atoms with Gasteiger partial charge in [-0.15, -0.1) is 0 Å². The number of hydrogen-bond donors (Lipinski definition) is 0. The van der Waals surface area contributed by atoms with E-state index < -0.39 is 5.97 Å². The van der Waals surface area contributed by atoms with E-state index in [1.54, 1.807) is 12.1 Å². The molecule has 0 bridgehead atoms. The molecule has 0 atom stereocenters. The number of carbonyl (C=O) groups is 1. The van der Waals surface area contributed by atoms with Gasteiger partial charge in [0.25, 0.3) is 0 Å². The lowest BCUT2D eigenvalue weighted by Gasteiger charge is -2.07. The number of aryl methyl sites for hydroxylation is 1. The minimum atomic E-state index is -0.416. The Bertz CT molecular complexity index is 576. The summed E-state index contributed by atoms with van der Waals surface area (Å²) in [5.74, 6) is 0.758. The largest absolute Gasteiger partial charge is 0.482 e. The van der Waals surface area contributed by atoms with Crippen molar-refractivity contribution >= 4 is 21.9 Å². The van der Waals surface area contributed by atoms with E-state index in [0.717, 1.165) is 17.3 Å². The molecule has 0 aliphatic rings. The van der Waals surface area contributed by atoms with Gasteiger partial charge in [0, 0.05) is 4.47 Å². The lowest BCUT2D eigenvalue weighted by Crippen LogP contribution is -2.17. The normalized spacial score (nSPS) is 10.2. The molecule has 110 valence electrons. The van der Waals surface area contributed by atoms with Crippen LogP contribution >= 0.6 is 15.9 Å². The number of carbonyl (C=O) groups excluding carboxylic acids is 1. The number of ether oxygens (including phenoxy) is 2. The summed E-state index contributed by atoms with van der Waals surface area (Å²) in [5.41, 5.74) is 1.24. The third kappa shape index (κ3) is 5.23. The van der Waals surface area contributed by atoms with Crippen LogP contribution in [0.3, 0.4) is 0 Å². The van der Waals surface area contributed by atoms with Gasteiger partial charge in [-0.3, -0.25) is 0 Å². The minimum absolute atomic E-state index is 0.113. The smallest absolute Gasteiger partial charge is 0.349 e. The molecule has 0 radical (unpaired) electrons. The number of esters is 1. The van der Waals surface area contributed by atoms with Crippen LogP contribution in [0, 0.1) is 0 Å². The molecule has 2 aromatic rings. The van der Waals surface area contributed by atoms with E-state index in [4.69, 9.17) is 9.47 Å². The van der Waals surface area contributed by atoms with Crippen molar-refractivity contribution in [3.63, 3.8) is 0 Å². The Labute approximate surface area is 133 Å². The summed E-state index contributed by atoms with van der Waals surface area (Å²) >= 11 is 3.34. The van der Waals surface area contributed by atoms with Gasteiger partial charge in [0.1, 0.15) is 11.5 Å². The topological polar surface area (TPSA) is 35.5 Å². The fraction of sp³-hybridized carbons (Fsp3) is 0.235. The molecule has 2 aromatic carbocycles. The number of halogens is 1. The van der Waals surface area contributed by atoms with Gasteiger partial charge in [0.2, 0.25) is 0 Å². The molecule has 0 aromatic heterocycles. The van der Waals surface area contributed by atoms with Crippen LogP contribution in [-0.4, -0.2) is 12.6 Å². The molecule has 0 aliphatic carbocycles. The van der Waals surface area contributed by atoms with Gasteiger partial charge < -0.3 is 9.47 Å². The van der Waals surface area contributed by atoms with Gasteiger partial charge in [-0.05, 0) is 48.4 Å². The molecule has 2 rings (SSSR count). The second kappa shape index (κ2) is 7.84. The van der Waals surface area contributed by atoms with Gasteiger partial charge >= 0.3 is 5.97 Å². The zero-order valence-corrected chi connectivity index (χ0v) is 13.4. The van der Waals surface area contributed by atoms with Crippen molar-refractivity contribution in [3.05, 3.63) is 58.6 Å². The Hall–Kier alpha value is -1.81. The van der Waals surface area contributed by atoms with Crippen molar-refractivity contribution in [2.24, 2.45) is 0 Å². The first kappa shape index (κ1) is 15.6. The standard InChI is InChI=1S/C17H17BrO3/c1-2-3-13-4-8-16(9-5-13)21-17(19)12-20-15-10-6-14(18)7-11-15/h4-11H,2-3,12H2,1H3. The second-order valence-electron chi connectivity index (χ2n) is 4.61. The minimum Gasteiger partial charge on any atom is -0.482 e. The van der Waals surface area contributed by atoms with Crippen LogP contribution in [0.1, 0.15) is 18.9 Å². The van der Waals surface area contributed by atoms with Crippen LogP contribution in [0.5, 0.6) is 11.5 Å². The summed E-state index contributed by atoms with van der Waals surface area (Å²) in [4.78, 5) is 11.7. The maximum absolute atomic E-state index is 11.7. The highest BCUT2D eigenvalue weighted by molar-refractivity contribution is 9.10. The molecule has 0 heterocycles. The molecule has 0 saturated heterocycles. The van der Waals surface area contributed by atoms with Crippen molar-refractivity contribution in [1.29, 1.82) is 0 Å². The predicted molar refractivity (Wildman–Crippen MR) is 85.7 cm³/mol. The van der Waals surface area contributed by atoms with Crippen LogP contribution in [-0.2, 0) is 11.2 Å². The van der Waals surface area contributed by atoms with Gasteiger partial charge in [-0.2, -0.15) is 0 Å². The fourth-order valence-corrected chi connectivity index (χ4v) is 2.11. The van der Waals surface area contributed by atoms with Gasteiger partial charge in [0.15, 0.2) is 6.61 Å². The average molecular weight is 349 g/mol. The van der Waals surface area contributed by atoms with Gasteiger partial charge in [0.05, 0.1) is 0 Å². The highest BCUT2D eigenvalue weighted by atomic mass is 79.9. The van der Waals surface area contributed by atoms with Crippen molar-refractivity contribution in [3.8, 4) is 11.5 Å². The van der Waals surface area contributed by atoms with Crippen LogP contribution in [0.4, 0.5) is 0 Å². The Balaban J connectivity index is 1.82. The van der Waals surface area contributed by atoms with E-state index in [9.17, 15) is 4.79 Å². The van der Waals surface area contributed by atoms with Crippen molar-refractivity contribution in [2.75, 3.05) is 6.61 Å². The van der Waals surface area contributed by atoms with Crippen LogP contribution < -0.4 is 9.47 Å². The molecule has 3 nitrogen and oxygen atoms in total. The van der Waals surface area contributed by atoms with Gasteiger partial charge in [-0.25, -0.2) is 4.79 Å². The third-order valence-electron chi connectivity index (χ3n) is 2.86. The molecule has 0 amide bonds. The van der Waals surface area contributed by atoms with Crippen molar-refractivity contribution in [1.82, 2.24) is 0 Å². The van der Waals surface area contributed by atoms with Crippen molar-refractivity contribution < 1.29 is 14.3 Å². The quantitative estimate of drug-likeness (QED) is 0.573. The van der Waals surface area contributed by atoms with E-state index >= 15 is 0 Å². The van der Waals surface area contributed by atoms with Crippen LogP contribution in [0.15, 0.2) is 53.0 Å². The first-order chi connectivity index (χ1) is 10.2. The number of benzene rings is 2. The molecule has 0 N–H and O–H groups in total. The Kier molecular flexibility index (Phi) is 5.81. The molecule has 21 heavy (non-hydrogen) atoms. The first-order valence-electron chi connectivity index (χ1n) is 6.85. The molecular formula is C17H17BrO3. The third-order valence-corrected chi connectivity index (χ3v) is 3.39. The van der Waals surface area contributed by atoms with E-state index in [1.807, 2.05) is 36.4 Å². The van der Waals surface area contributed by atoms with Crippen molar-refractivity contribution in [2.45, 2.75) is 19.8 Å². The number of rotatable bonds is 6. The van der Waals surface area contributed by atoms with Crippen LogP contribution in [0.2, 0.25) is 0 Å². The van der Waals surface area contributed by atoms with Crippen LogP contribution in [0.25, 0.3) is 0 Å². The van der Waals surface area contributed by atoms with E-state index in [0.29, 0.717) is 11.5 Å². The lowest BCUT2D eigenvalue weighted by atomic mass is 10.1. The van der Waals surface area contributed by atoms with Gasteiger partial charge in [-0.1, -0.05) is 41.4 Å². The monoisotopic (exact) mass is 348 g/mol. The summed E-state index contributed by atoms with van der Waals surface area (Å²) in [5, 5.41) is 0. The maximum Gasteiger partial charge on any atom is 0.349 e. The summed E-state index contributed by atoms with van der Waals surface area (Å²) in [6, 6.07) is 14.8. The van der Waals surface area contributed by atoms with E-state index in [1.165, 1.54) is 5.56 Å². The average Bonchev–Trinajstić information content (AvgIpc) is 2.49. The second-order valence-corrected chi connectivity index (χ2v) is 5.53.